The third-order valence-corrected chi connectivity index (χ3v) is 9.83. The smallest absolute Gasteiger partial charge is 0.406 e. The first-order valence-electron chi connectivity index (χ1n) is 14.2. The molecule has 1 unspecified atom stereocenters. The van der Waals surface area contributed by atoms with Crippen molar-refractivity contribution in [3.63, 3.8) is 0 Å². The Balaban J connectivity index is 1.49. The summed E-state index contributed by atoms with van der Waals surface area (Å²) >= 11 is 0. The Labute approximate surface area is 239 Å². The number of hydrogen-bond acceptors (Lipinski definition) is 5. The van der Waals surface area contributed by atoms with E-state index in [0.717, 1.165) is 55.6 Å². The van der Waals surface area contributed by atoms with E-state index in [1.165, 1.54) is 23.3 Å². The van der Waals surface area contributed by atoms with Crippen LogP contribution >= 0.6 is 0 Å². The Kier molecular flexibility index (Phi) is 8.91. The van der Waals surface area contributed by atoms with Crippen LogP contribution in [0.5, 0.6) is 5.75 Å². The van der Waals surface area contributed by atoms with Crippen LogP contribution in [-0.4, -0.2) is 40.4 Å². The number of aliphatic hydroxyl groups excluding tert-OH is 1. The molecule has 220 valence electrons. The van der Waals surface area contributed by atoms with Crippen molar-refractivity contribution in [1.29, 1.82) is 0 Å². The van der Waals surface area contributed by atoms with Crippen molar-refractivity contribution in [2.24, 2.45) is 4.36 Å². The highest BCUT2D eigenvalue weighted by atomic mass is 32.2. The van der Waals surface area contributed by atoms with E-state index >= 15 is 0 Å². The largest absolute Gasteiger partial charge is 0.573 e. The van der Waals surface area contributed by atoms with Crippen molar-refractivity contribution in [3.8, 4) is 5.75 Å². The minimum absolute atomic E-state index is 0.249. The Morgan fingerprint density at radius 3 is 2.12 bits per heavy atom. The van der Waals surface area contributed by atoms with Gasteiger partial charge in [0, 0.05) is 24.0 Å². The lowest BCUT2D eigenvalue weighted by molar-refractivity contribution is -0.274. The minimum atomic E-state index is -4.82. The van der Waals surface area contributed by atoms with Gasteiger partial charge in [0.2, 0.25) is 0 Å². The van der Waals surface area contributed by atoms with Crippen LogP contribution in [0.3, 0.4) is 0 Å². The molecule has 1 fully saturated rings. The van der Waals surface area contributed by atoms with Crippen LogP contribution in [0.15, 0.2) is 82.1 Å². The summed E-state index contributed by atoms with van der Waals surface area (Å²) in [6, 6.07) is 20.7. The number of aryl methyl sites for hydroxylation is 2. The third kappa shape index (κ3) is 6.71. The molecule has 3 aromatic carbocycles. The summed E-state index contributed by atoms with van der Waals surface area (Å²) in [5.74, 6) is -0.397. The highest BCUT2D eigenvalue weighted by molar-refractivity contribution is 7.91. The van der Waals surface area contributed by atoms with Crippen LogP contribution in [-0.2, 0) is 22.8 Å². The highest BCUT2D eigenvalue weighted by Crippen LogP contribution is 2.41. The molecule has 41 heavy (non-hydrogen) atoms. The van der Waals surface area contributed by atoms with Crippen molar-refractivity contribution >= 4 is 21.3 Å². The van der Waals surface area contributed by atoms with E-state index in [2.05, 4.69) is 43.0 Å². The minimum Gasteiger partial charge on any atom is -0.406 e. The van der Waals surface area contributed by atoms with E-state index in [1.807, 2.05) is 31.2 Å². The van der Waals surface area contributed by atoms with E-state index in [-0.39, 0.29) is 10.9 Å². The van der Waals surface area contributed by atoms with Gasteiger partial charge in [0.25, 0.3) is 0 Å². The molecule has 0 saturated heterocycles. The molecule has 1 saturated carbocycles. The first-order valence-corrected chi connectivity index (χ1v) is 15.7. The molecule has 1 aliphatic heterocycles. The van der Waals surface area contributed by atoms with E-state index in [9.17, 15) is 22.5 Å². The number of hydrogen-bond donors (Lipinski definition) is 2. The summed E-state index contributed by atoms with van der Waals surface area (Å²) in [6.07, 6.45) is -0.230. The standard InChI is InChI=1S/C31H36F3N3O3S/c1-2-21-35-41(39,25-19-17-24(18-20-25)40-31(32,33)34)36-26-11-5-8-14-29(30(26)38)37-27-12-6-3-9-22(27)15-16-23-10-4-7-13-28(23)37/h3-4,6-7,9-10,12-13,17-20,26,29-30,38H,2,5,8,11,14-16,21H2,1H3,(H,35,36,39)/t26-,29+,30-,41?/m0/s1. The molecule has 0 spiro atoms. The molecular formula is C31H36F3N3O3S. The summed E-state index contributed by atoms with van der Waals surface area (Å²) in [7, 11) is -3.26. The molecule has 0 aromatic heterocycles. The molecule has 2 N–H and O–H groups in total. The fourth-order valence-corrected chi connectivity index (χ4v) is 7.81. The second kappa shape index (κ2) is 12.4. The summed E-state index contributed by atoms with van der Waals surface area (Å²) in [6.45, 7) is 2.21. The monoisotopic (exact) mass is 587 g/mol. The summed E-state index contributed by atoms with van der Waals surface area (Å²) in [5.41, 5.74) is 4.57. The number of anilines is 2. The van der Waals surface area contributed by atoms with Gasteiger partial charge in [0.05, 0.1) is 17.0 Å². The summed E-state index contributed by atoms with van der Waals surface area (Å²) in [5, 5.41) is 12.0. The van der Waals surface area contributed by atoms with Gasteiger partial charge in [-0.15, -0.1) is 13.2 Å². The molecule has 4 atom stereocenters. The second-order valence-electron chi connectivity index (χ2n) is 10.6. The van der Waals surface area contributed by atoms with Crippen LogP contribution in [0.4, 0.5) is 24.5 Å². The quantitative estimate of drug-likeness (QED) is 0.294. The first-order chi connectivity index (χ1) is 19.7. The van der Waals surface area contributed by atoms with Gasteiger partial charge in [0.15, 0.2) is 0 Å². The van der Waals surface area contributed by atoms with Crippen molar-refractivity contribution in [2.45, 2.75) is 81.3 Å². The van der Waals surface area contributed by atoms with Gasteiger partial charge >= 0.3 is 6.36 Å². The SMILES string of the molecule is CCCN=S(=O)(N[C@H]1CCCC[C@@H](N2c3ccccc3CCc3ccccc32)[C@H]1O)c1ccc(OC(F)(F)F)cc1. The van der Waals surface area contributed by atoms with Gasteiger partial charge in [-0.25, -0.2) is 13.3 Å². The van der Waals surface area contributed by atoms with Crippen LogP contribution in [0.1, 0.15) is 50.2 Å². The number of nitrogens with zero attached hydrogens (tertiary/aromatic N) is 2. The zero-order valence-electron chi connectivity index (χ0n) is 23.0. The van der Waals surface area contributed by atoms with E-state index in [1.54, 1.807) is 0 Å². The Bertz CT molecular complexity index is 1410. The van der Waals surface area contributed by atoms with Crippen LogP contribution in [0.25, 0.3) is 0 Å². The van der Waals surface area contributed by atoms with Gasteiger partial charge in [0.1, 0.15) is 15.7 Å². The lowest BCUT2D eigenvalue weighted by atomic mass is 9.98. The Hall–Kier alpha value is -3.08. The maximum Gasteiger partial charge on any atom is 0.573 e. The zero-order valence-corrected chi connectivity index (χ0v) is 23.8. The molecule has 5 rings (SSSR count). The van der Waals surface area contributed by atoms with E-state index < -0.39 is 34.2 Å². The van der Waals surface area contributed by atoms with Gasteiger partial charge in [-0.2, -0.15) is 0 Å². The second-order valence-corrected chi connectivity index (χ2v) is 12.6. The fourth-order valence-electron chi connectivity index (χ4n) is 5.84. The van der Waals surface area contributed by atoms with E-state index in [0.29, 0.717) is 19.4 Å². The molecule has 0 amide bonds. The number of benzene rings is 3. The number of rotatable bonds is 7. The number of alkyl halides is 3. The van der Waals surface area contributed by atoms with Gasteiger partial charge in [-0.05, 0) is 79.6 Å². The van der Waals surface area contributed by atoms with Crippen LogP contribution in [0.2, 0.25) is 0 Å². The van der Waals surface area contributed by atoms with Crippen molar-refractivity contribution in [2.75, 3.05) is 11.4 Å². The van der Waals surface area contributed by atoms with Gasteiger partial charge in [-0.3, -0.25) is 0 Å². The molecule has 0 bridgehead atoms. The number of nitrogens with one attached hydrogen (secondary N) is 1. The predicted molar refractivity (Wildman–Crippen MR) is 155 cm³/mol. The number of fused-ring (bicyclic) bond motifs is 2. The van der Waals surface area contributed by atoms with Crippen molar-refractivity contribution < 1.29 is 27.2 Å². The number of halogens is 3. The van der Waals surface area contributed by atoms with Crippen molar-refractivity contribution in [1.82, 2.24) is 4.72 Å². The average Bonchev–Trinajstić information content (AvgIpc) is 3.23. The molecule has 3 aromatic rings. The Morgan fingerprint density at radius 1 is 0.951 bits per heavy atom. The van der Waals surface area contributed by atoms with Crippen molar-refractivity contribution in [3.05, 3.63) is 83.9 Å². The number of aliphatic hydroxyl groups is 1. The summed E-state index contributed by atoms with van der Waals surface area (Å²) < 4.78 is 64.1. The molecule has 2 aliphatic rings. The maximum atomic E-state index is 14.3. The van der Waals surface area contributed by atoms with E-state index in [4.69, 9.17) is 0 Å². The third-order valence-electron chi connectivity index (χ3n) is 7.75. The fraction of sp³-hybridized carbons (Fsp3) is 0.419. The topological polar surface area (TPSA) is 74.2 Å². The van der Waals surface area contributed by atoms with Gasteiger partial charge in [-0.1, -0.05) is 56.2 Å². The summed E-state index contributed by atoms with van der Waals surface area (Å²) in [4.78, 5) is 2.51. The van der Waals surface area contributed by atoms with Crippen LogP contribution in [0, 0.1) is 0 Å². The molecule has 1 heterocycles. The molecule has 10 heteroatoms. The first kappa shape index (κ1) is 29.4. The molecule has 1 aliphatic carbocycles. The molecule has 6 nitrogen and oxygen atoms in total. The molecule has 0 radical (unpaired) electrons. The average molecular weight is 588 g/mol. The lowest BCUT2D eigenvalue weighted by Gasteiger charge is -2.39. The Morgan fingerprint density at radius 2 is 1.54 bits per heavy atom. The number of ether oxygens (including phenoxy) is 1. The highest BCUT2D eigenvalue weighted by Gasteiger charge is 2.38. The van der Waals surface area contributed by atoms with Crippen LogP contribution < -0.4 is 14.4 Å². The molecular weight excluding hydrogens is 551 g/mol. The normalized spacial score (nSPS) is 22.5. The predicted octanol–water partition coefficient (Wildman–Crippen LogP) is 6.94. The number of para-hydroxylation sites is 2. The lowest BCUT2D eigenvalue weighted by Crippen LogP contribution is -2.52. The zero-order chi connectivity index (χ0) is 29.0. The van der Waals surface area contributed by atoms with Gasteiger partial charge < -0.3 is 14.7 Å². The maximum absolute atomic E-state index is 14.3.